The maximum absolute atomic E-state index is 4.26. The number of aromatic nitrogens is 4. The lowest BCUT2D eigenvalue weighted by atomic mass is 9.97. The predicted octanol–water partition coefficient (Wildman–Crippen LogP) is 0.447. The topological polar surface area (TPSA) is 55.1 Å². The summed E-state index contributed by atoms with van der Waals surface area (Å²) >= 11 is 0. The van der Waals surface area contributed by atoms with Crippen LogP contribution in [-0.4, -0.2) is 32.7 Å². The molecule has 5 nitrogen and oxygen atoms in total. The van der Waals surface area contributed by atoms with E-state index in [2.05, 4.69) is 27.4 Å². The Bertz CT molecular complexity index is 477. The highest BCUT2D eigenvalue weighted by atomic mass is 15.3. The van der Waals surface area contributed by atoms with E-state index in [9.17, 15) is 0 Å². The first-order valence-corrected chi connectivity index (χ1v) is 5.21. The van der Waals surface area contributed by atoms with Crippen molar-refractivity contribution in [2.75, 3.05) is 13.1 Å². The van der Waals surface area contributed by atoms with E-state index in [0.717, 1.165) is 24.6 Å². The zero-order chi connectivity index (χ0) is 10.3. The van der Waals surface area contributed by atoms with E-state index in [-0.39, 0.29) is 0 Å². The summed E-state index contributed by atoms with van der Waals surface area (Å²) in [6.45, 7) is 4.28. The molecule has 1 aliphatic rings. The van der Waals surface area contributed by atoms with E-state index in [1.165, 1.54) is 0 Å². The molecule has 0 saturated carbocycles. The van der Waals surface area contributed by atoms with Gasteiger partial charge in [0.05, 0.1) is 0 Å². The molecule has 3 rings (SSSR count). The van der Waals surface area contributed by atoms with Crippen molar-refractivity contribution in [1.82, 2.24) is 24.9 Å². The Labute approximate surface area is 87.5 Å². The molecule has 3 heterocycles. The molecule has 15 heavy (non-hydrogen) atoms. The van der Waals surface area contributed by atoms with Crippen LogP contribution in [0.25, 0.3) is 5.65 Å². The Hall–Kier alpha value is -1.49. The maximum atomic E-state index is 4.26. The lowest BCUT2D eigenvalue weighted by Crippen LogP contribution is -2.11. The van der Waals surface area contributed by atoms with Crippen molar-refractivity contribution in [3.05, 3.63) is 24.4 Å². The predicted molar refractivity (Wildman–Crippen MR) is 55.6 cm³/mol. The van der Waals surface area contributed by atoms with E-state index in [1.807, 2.05) is 10.5 Å². The number of hydrogen-bond donors (Lipinski definition) is 1. The molecule has 0 spiro atoms. The minimum atomic E-state index is 0.448. The summed E-state index contributed by atoms with van der Waals surface area (Å²) in [6, 6.07) is 1.88. The molecule has 5 heteroatoms. The van der Waals surface area contributed by atoms with E-state index in [0.29, 0.717) is 11.8 Å². The van der Waals surface area contributed by atoms with Gasteiger partial charge in [-0.05, 0) is 12.5 Å². The van der Waals surface area contributed by atoms with Crippen LogP contribution in [0, 0.1) is 5.92 Å². The van der Waals surface area contributed by atoms with E-state index >= 15 is 0 Å². The van der Waals surface area contributed by atoms with Gasteiger partial charge in [0.2, 0.25) is 0 Å². The third-order valence-corrected chi connectivity index (χ3v) is 3.09. The van der Waals surface area contributed by atoms with Crippen LogP contribution in [0.2, 0.25) is 0 Å². The van der Waals surface area contributed by atoms with Gasteiger partial charge in [-0.2, -0.15) is 0 Å². The highest BCUT2D eigenvalue weighted by molar-refractivity contribution is 5.36. The van der Waals surface area contributed by atoms with Crippen LogP contribution >= 0.6 is 0 Å². The highest BCUT2D eigenvalue weighted by Gasteiger charge is 2.28. The molecule has 2 atom stereocenters. The van der Waals surface area contributed by atoms with Crippen LogP contribution in [0.15, 0.2) is 18.6 Å². The fraction of sp³-hybridized carbons (Fsp3) is 0.500. The van der Waals surface area contributed by atoms with Crippen LogP contribution in [0.3, 0.4) is 0 Å². The van der Waals surface area contributed by atoms with E-state index in [4.69, 9.17) is 0 Å². The normalized spacial score (nSPS) is 26.2. The second-order valence-corrected chi connectivity index (χ2v) is 4.11. The second-order valence-electron chi connectivity index (χ2n) is 4.11. The van der Waals surface area contributed by atoms with Crippen LogP contribution in [0.4, 0.5) is 0 Å². The number of hydrogen-bond acceptors (Lipinski definition) is 4. The summed E-state index contributed by atoms with van der Waals surface area (Å²) < 4.78 is 1.98. The Balaban J connectivity index is 2.10. The average Bonchev–Trinajstić information content (AvgIpc) is 2.83. The first-order valence-electron chi connectivity index (χ1n) is 5.21. The largest absolute Gasteiger partial charge is 0.316 e. The Morgan fingerprint density at radius 3 is 3.13 bits per heavy atom. The van der Waals surface area contributed by atoms with Crippen LogP contribution in [0.5, 0.6) is 0 Å². The summed E-state index contributed by atoms with van der Waals surface area (Å²) in [5.41, 5.74) is 0.874. The molecule has 78 valence electrons. The Morgan fingerprint density at radius 1 is 1.40 bits per heavy atom. The smallest absolute Gasteiger partial charge is 0.163 e. The maximum Gasteiger partial charge on any atom is 0.163 e. The molecule has 0 bridgehead atoms. The molecule has 0 radical (unpaired) electrons. The molecular formula is C10H13N5. The highest BCUT2D eigenvalue weighted by Crippen LogP contribution is 2.26. The fourth-order valence-corrected chi connectivity index (χ4v) is 2.17. The SMILES string of the molecule is CC1CNCC1c1nnc2ccncn12. The molecule has 0 aromatic carbocycles. The van der Waals surface area contributed by atoms with Crippen LogP contribution in [0.1, 0.15) is 18.7 Å². The van der Waals surface area contributed by atoms with Gasteiger partial charge in [-0.3, -0.25) is 4.40 Å². The lowest BCUT2D eigenvalue weighted by Gasteiger charge is -2.11. The fourth-order valence-electron chi connectivity index (χ4n) is 2.17. The van der Waals surface area contributed by atoms with Gasteiger partial charge in [-0.25, -0.2) is 4.98 Å². The number of nitrogens with one attached hydrogen (secondary N) is 1. The zero-order valence-corrected chi connectivity index (χ0v) is 8.59. The van der Waals surface area contributed by atoms with Crippen molar-refractivity contribution >= 4 is 5.65 Å². The number of nitrogens with zero attached hydrogens (tertiary/aromatic N) is 4. The zero-order valence-electron chi connectivity index (χ0n) is 8.59. The summed E-state index contributed by atoms with van der Waals surface area (Å²) in [4.78, 5) is 4.10. The second kappa shape index (κ2) is 3.27. The molecule has 0 amide bonds. The number of rotatable bonds is 1. The van der Waals surface area contributed by atoms with Crippen LogP contribution < -0.4 is 5.32 Å². The van der Waals surface area contributed by atoms with Crippen molar-refractivity contribution < 1.29 is 0 Å². The summed E-state index contributed by atoms with van der Waals surface area (Å²) in [6.07, 6.45) is 3.53. The van der Waals surface area contributed by atoms with Gasteiger partial charge < -0.3 is 5.32 Å². The Morgan fingerprint density at radius 2 is 2.33 bits per heavy atom. The summed E-state index contributed by atoms with van der Waals surface area (Å²) in [5.74, 6) is 2.08. The molecule has 1 saturated heterocycles. The van der Waals surface area contributed by atoms with E-state index in [1.54, 1.807) is 12.5 Å². The standard InChI is InChI=1S/C10H13N5/c1-7-4-12-5-8(7)10-14-13-9-2-3-11-6-15(9)10/h2-3,6-8,12H,4-5H2,1H3. The van der Waals surface area contributed by atoms with Crippen LogP contribution in [-0.2, 0) is 0 Å². The van der Waals surface area contributed by atoms with Gasteiger partial charge in [0.15, 0.2) is 5.65 Å². The average molecular weight is 203 g/mol. The molecule has 1 fully saturated rings. The van der Waals surface area contributed by atoms with Gasteiger partial charge in [-0.15, -0.1) is 10.2 Å². The van der Waals surface area contributed by atoms with Crippen molar-refractivity contribution in [3.63, 3.8) is 0 Å². The molecule has 1 aliphatic heterocycles. The molecule has 1 N–H and O–H groups in total. The van der Waals surface area contributed by atoms with Gasteiger partial charge in [0, 0.05) is 24.7 Å². The first kappa shape index (κ1) is 8.79. The number of fused-ring (bicyclic) bond motifs is 1. The quantitative estimate of drug-likeness (QED) is 0.731. The lowest BCUT2D eigenvalue weighted by molar-refractivity contribution is 0.540. The third kappa shape index (κ3) is 1.31. The van der Waals surface area contributed by atoms with Crippen molar-refractivity contribution in [2.45, 2.75) is 12.8 Å². The molecule has 2 aromatic heterocycles. The van der Waals surface area contributed by atoms with Gasteiger partial charge >= 0.3 is 0 Å². The minimum Gasteiger partial charge on any atom is -0.316 e. The van der Waals surface area contributed by atoms with Crippen molar-refractivity contribution in [1.29, 1.82) is 0 Å². The van der Waals surface area contributed by atoms with Crippen molar-refractivity contribution in [2.24, 2.45) is 5.92 Å². The minimum absolute atomic E-state index is 0.448. The molecular weight excluding hydrogens is 190 g/mol. The summed E-state index contributed by atoms with van der Waals surface area (Å²) in [5, 5.41) is 11.8. The molecule has 0 aliphatic carbocycles. The summed E-state index contributed by atoms with van der Waals surface area (Å²) in [7, 11) is 0. The van der Waals surface area contributed by atoms with E-state index < -0.39 is 0 Å². The monoisotopic (exact) mass is 203 g/mol. The Kier molecular flexibility index (Phi) is 1.92. The first-order chi connectivity index (χ1) is 7.36. The van der Waals surface area contributed by atoms with Gasteiger partial charge in [0.1, 0.15) is 12.2 Å². The molecule has 2 unspecified atom stereocenters. The van der Waals surface area contributed by atoms with Crippen molar-refractivity contribution in [3.8, 4) is 0 Å². The van der Waals surface area contributed by atoms with Gasteiger partial charge in [-0.1, -0.05) is 6.92 Å². The third-order valence-electron chi connectivity index (χ3n) is 3.09. The van der Waals surface area contributed by atoms with Gasteiger partial charge in [0.25, 0.3) is 0 Å². The molecule has 2 aromatic rings.